The van der Waals surface area contributed by atoms with Crippen LogP contribution in [-0.4, -0.2) is 78.3 Å². The predicted molar refractivity (Wildman–Crippen MR) is 123 cm³/mol. The molecule has 0 aromatic heterocycles. The van der Waals surface area contributed by atoms with Crippen LogP contribution in [0.25, 0.3) is 0 Å². The minimum Gasteiger partial charge on any atom is -0.493 e. The summed E-state index contributed by atoms with van der Waals surface area (Å²) in [5.74, 6) is -0.0376. The molecule has 0 radical (unpaired) electrons. The SMILES string of the molecule is CCCC(=O)N(CC1CC1)C1C=C(C(=O)NCCO)C2c3cc(C=O)cc(OC)c3OC2C1O. The first-order chi connectivity index (χ1) is 16.4. The molecule has 3 N–H and O–H groups in total. The Bertz CT molecular complexity index is 988. The van der Waals surface area contributed by atoms with E-state index in [1.54, 1.807) is 23.1 Å². The summed E-state index contributed by atoms with van der Waals surface area (Å²) < 4.78 is 11.6. The van der Waals surface area contributed by atoms with E-state index in [0.29, 0.717) is 59.8 Å². The molecular weight excluding hydrogens is 440 g/mol. The Balaban J connectivity index is 1.79. The number of aliphatic hydroxyl groups excluding tert-OH is 2. The van der Waals surface area contributed by atoms with E-state index in [0.717, 1.165) is 12.8 Å². The largest absolute Gasteiger partial charge is 0.493 e. The lowest BCUT2D eigenvalue weighted by Gasteiger charge is -2.41. The minimum absolute atomic E-state index is 0.0622. The van der Waals surface area contributed by atoms with Crippen LogP contribution in [-0.2, 0) is 9.59 Å². The van der Waals surface area contributed by atoms with Crippen LogP contribution in [0.3, 0.4) is 0 Å². The summed E-state index contributed by atoms with van der Waals surface area (Å²) in [5, 5.41) is 23.3. The van der Waals surface area contributed by atoms with Gasteiger partial charge in [0, 0.05) is 36.2 Å². The highest BCUT2D eigenvalue weighted by atomic mass is 16.5. The van der Waals surface area contributed by atoms with Crippen molar-refractivity contribution in [1.29, 1.82) is 0 Å². The molecule has 34 heavy (non-hydrogen) atoms. The van der Waals surface area contributed by atoms with Crippen molar-refractivity contribution in [3.63, 3.8) is 0 Å². The van der Waals surface area contributed by atoms with Crippen molar-refractivity contribution < 1.29 is 34.1 Å². The maximum absolute atomic E-state index is 13.2. The normalized spacial score (nSPS) is 24.9. The quantitative estimate of drug-likeness (QED) is 0.437. The Morgan fingerprint density at radius 2 is 2.09 bits per heavy atom. The van der Waals surface area contributed by atoms with E-state index < -0.39 is 30.1 Å². The van der Waals surface area contributed by atoms with Crippen LogP contribution in [0.2, 0.25) is 0 Å². The van der Waals surface area contributed by atoms with Crippen LogP contribution < -0.4 is 14.8 Å². The molecule has 0 saturated heterocycles. The van der Waals surface area contributed by atoms with Crippen molar-refractivity contribution >= 4 is 18.1 Å². The van der Waals surface area contributed by atoms with Crippen LogP contribution in [0, 0.1) is 5.92 Å². The zero-order chi connectivity index (χ0) is 24.4. The van der Waals surface area contributed by atoms with Gasteiger partial charge in [-0.2, -0.15) is 0 Å². The van der Waals surface area contributed by atoms with E-state index in [9.17, 15) is 24.6 Å². The molecule has 4 unspecified atom stereocenters. The average molecular weight is 473 g/mol. The maximum Gasteiger partial charge on any atom is 0.247 e. The number of carbonyl (C=O) groups excluding carboxylic acids is 3. The Morgan fingerprint density at radius 3 is 2.71 bits per heavy atom. The zero-order valence-corrected chi connectivity index (χ0v) is 19.5. The van der Waals surface area contributed by atoms with Crippen molar-refractivity contribution in [1.82, 2.24) is 10.2 Å². The summed E-state index contributed by atoms with van der Waals surface area (Å²) >= 11 is 0. The van der Waals surface area contributed by atoms with Gasteiger partial charge in [-0.25, -0.2) is 0 Å². The summed E-state index contributed by atoms with van der Waals surface area (Å²) in [6.07, 6.45) is 3.51. The predicted octanol–water partition coefficient (Wildman–Crippen LogP) is 1.17. The number of nitrogens with zero attached hydrogens (tertiary/aromatic N) is 1. The smallest absolute Gasteiger partial charge is 0.247 e. The van der Waals surface area contributed by atoms with Gasteiger partial charge in [-0.05, 0) is 43.4 Å². The molecule has 4 rings (SSSR count). The van der Waals surface area contributed by atoms with Gasteiger partial charge in [-0.1, -0.05) is 6.92 Å². The van der Waals surface area contributed by atoms with E-state index in [-0.39, 0.29) is 19.1 Å². The first kappa shape index (κ1) is 24.2. The number of aldehydes is 1. The summed E-state index contributed by atoms with van der Waals surface area (Å²) in [6, 6.07) is 2.45. The summed E-state index contributed by atoms with van der Waals surface area (Å²) in [4.78, 5) is 39.5. The highest BCUT2D eigenvalue weighted by molar-refractivity contribution is 5.96. The molecular formula is C25H32N2O7. The number of carbonyl (C=O) groups is 3. The number of ether oxygens (including phenoxy) is 2. The molecule has 1 fully saturated rings. The average Bonchev–Trinajstić information content (AvgIpc) is 3.58. The Labute approximate surface area is 198 Å². The molecule has 1 aromatic carbocycles. The third-order valence-corrected chi connectivity index (χ3v) is 6.71. The first-order valence-electron chi connectivity index (χ1n) is 11.9. The van der Waals surface area contributed by atoms with Gasteiger partial charge in [0.05, 0.1) is 25.7 Å². The molecule has 9 nitrogen and oxygen atoms in total. The summed E-state index contributed by atoms with van der Waals surface area (Å²) in [7, 11) is 1.46. The van der Waals surface area contributed by atoms with Crippen molar-refractivity contribution in [3.8, 4) is 11.5 Å². The number of aliphatic hydroxyl groups is 2. The van der Waals surface area contributed by atoms with Gasteiger partial charge < -0.3 is 29.9 Å². The van der Waals surface area contributed by atoms with Crippen LogP contribution >= 0.6 is 0 Å². The van der Waals surface area contributed by atoms with Gasteiger partial charge in [0.2, 0.25) is 11.8 Å². The Kier molecular flexibility index (Phi) is 7.23. The number of hydrogen-bond donors (Lipinski definition) is 3. The van der Waals surface area contributed by atoms with Crippen LogP contribution in [0.5, 0.6) is 11.5 Å². The highest BCUT2D eigenvalue weighted by Gasteiger charge is 2.51. The van der Waals surface area contributed by atoms with Crippen molar-refractivity contribution in [2.75, 3.05) is 26.8 Å². The Hall–Kier alpha value is -2.91. The molecule has 0 spiro atoms. The molecule has 1 aromatic rings. The number of methoxy groups -OCH3 is 1. The standard InChI is InChI=1S/C25H32N2O7/c1-3-4-20(30)27(12-14-5-6-14)18-11-17(25(32)26-7-8-28)21-16-9-15(13-29)10-19(33-2)23(16)34-24(21)22(18)31/h9-11,13-14,18,21-22,24,28,31H,3-8,12H2,1-2H3,(H,26,32). The zero-order valence-electron chi connectivity index (χ0n) is 19.5. The van der Waals surface area contributed by atoms with E-state index in [1.807, 2.05) is 6.92 Å². The molecule has 0 bridgehead atoms. The minimum atomic E-state index is -1.09. The summed E-state index contributed by atoms with van der Waals surface area (Å²) in [5.41, 5.74) is 1.27. The molecule has 9 heteroatoms. The number of benzene rings is 1. The molecule has 184 valence electrons. The molecule has 3 aliphatic rings. The second-order valence-electron chi connectivity index (χ2n) is 9.14. The fourth-order valence-electron chi connectivity index (χ4n) is 4.88. The summed E-state index contributed by atoms with van der Waals surface area (Å²) in [6.45, 7) is 2.29. The van der Waals surface area contributed by atoms with Gasteiger partial charge in [-0.3, -0.25) is 14.4 Å². The van der Waals surface area contributed by atoms with Gasteiger partial charge in [0.25, 0.3) is 0 Å². The van der Waals surface area contributed by atoms with E-state index in [1.165, 1.54) is 7.11 Å². The lowest BCUT2D eigenvalue weighted by atomic mass is 9.77. The maximum atomic E-state index is 13.2. The molecule has 4 atom stereocenters. The van der Waals surface area contributed by atoms with Crippen molar-refractivity contribution in [2.45, 2.75) is 56.8 Å². The first-order valence-corrected chi connectivity index (χ1v) is 11.9. The number of nitrogens with one attached hydrogen (secondary N) is 1. The lowest BCUT2D eigenvalue weighted by Crippen LogP contribution is -2.56. The van der Waals surface area contributed by atoms with Crippen molar-refractivity contribution in [3.05, 3.63) is 34.9 Å². The number of fused-ring (bicyclic) bond motifs is 3. The third kappa shape index (κ3) is 4.54. The molecule has 2 amide bonds. The number of hydrogen-bond acceptors (Lipinski definition) is 7. The van der Waals surface area contributed by atoms with Crippen LogP contribution in [0.4, 0.5) is 0 Å². The van der Waals surface area contributed by atoms with Gasteiger partial charge in [0.15, 0.2) is 11.5 Å². The topological polar surface area (TPSA) is 125 Å². The molecule has 1 aliphatic heterocycles. The second-order valence-corrected chi connectivity index (χ2v) is 9.14. The number of amides is 2. The molecule has 2 aliphatic carbocycles. The lowest BCUT2D eigenvalue weighted by molar-refractivity contribution is -0.137. The number of rotatable bonds is 10. The Morgan fingerprint density at radius 1 is 1.32 bits per heavy atom. The van der Waals surface area contributed by atoms with Gasteiger partial charge in [-0.15, -0.1) is 0 Å². The fourth-order valence-corrected chi connectivity index (χ4v) is 4.88. The molecule has 1 heterocycles. The van der Waals surface area contributed by atoms with E-state index in [4.69, 9.17) is 9.47 Å². The monoisotopic (exact) mass is 472 g/mol. The van der Waals surface area contributed by atoms with Crippen molar-refractivity contribution in [2.24, 2.45) is 5.92 Å². The van der Waals surface area contributed by atoms with E-state index >= 15 is 0 Å². The van der Waals surface area contributed by atoms with Crippen LogP contribution in [0.1, 0.15) is 54.4 Å². The van der Waals surface area contributed by atoms with Gasteiger partial charge in [0.1, 0.15) is 18.5 Å². The molecule has 1 saturated carbocycles. The van der Waals surface area contributed by atoms with E-state index in [2.05, 4.69) is 5.32 Å². The van der Waals surface area contributed by atoms with Gasteiger partial charge >= 0.3 is 0 Å². The fraction of sp³-hybridized carbons (Fsp3) is 0.560. The highest BCUT2D eigenvalue weighted by Crippen LogP contribution is 2.51. The third-order valence-electron chi connectivity index (χ3n) is 6.71. The second kappa shape index (κ2) is 10.1. The van der Waals surface area contributed by atoms with Crippen LogP contribution in [0.15, 0.2) is 23.8 Å².